The number of hydrogen-bond donors (Lipinski definition) is 1. The number of aliphatic carboxylic acids is 1. The minimum Gasteiger partial charge on any atom is -0.481 e. The highest BCUT2D eigenvalue weighted by Crippen LogP contribution is 2.40. The van der Waals surface area contributed by atoms with Gasteiger partial charge < -0.3 is 14.7 Å². The Kier molecular flexibility index (Phi) is 5.34. The summed E-state index contributed by atoms with van der Waals surface area (Å²) in [4.78, 5) is 29.2. The van der Waals surface area contributed by atoms with Gasteiger partial charge in [0, 0.05) is 26.2 Å². The van der Waals surface area contributed by atoms with Crippen LogP contribution in [0.25, 0.3) is 0 Å². The van der Waals surface area contributed by atoms with Crippen LogP contribution in [0.15, 0.2) is 72.8 Å². The van der Waals surface area contributed by atoms with E-state index in [1.165, 1.54) is 11.1 Å². The van der Waals surface area contributed by atoms with Crippen LogP contribution < -0.4 is 0 Å². The molecule has 0 aliphatic carbocycles. The van der Waals surface area contributed by atoms with Gasteiger partial charge in [-0.25, -0.2) is 0 Å². The molecule has 2 bridgehead atoms. The number of rotatable bonds is 5. The molecule has 4 atom stereocenters. The zero-order valence-corrected chi connectivity index (χ0v) is 17.2. The quantitative estimate of drug-likeness (QED) is 0.756. The molecule has 0 radical (unpaired) electrons. The molecule has 3 aliphatic heterocycles. The topological polar surface area (TPSA) is 70.1 Å². The predicted octanol–water partition coefficient (Wildman–Crippen LogP) is 2.57. The first-order chi connectivity index (χ1) is 15.1. The van der Waals surface area contributed by atoms with Crippen LogP contribution in [0.5, 0.6) is 0 Å². The summed E-state index contributed by atoms with van der Waals surface area (Å²) in [5.74, 6) is -2.47. The zero-order chi connectivity index (χ0) is 21.4. The fourth-order valence-corrected chi connectivity index (χ4v) is 5.19. The molecule has 3 aliphatic rings. The molecule has 2 fully saturated rings. The van der Waals surface area contributed by atoms with Crippen LogP contribution >= 0.6 is 0 Å². The number of carbonyl (C=O) groups excluding carboxylic acids is 1. The number of carboxylic acid groups (broad SMARTS) is 1. The summed E-state index contributed by atoms with van der Waals surface area (Å²) in [7, 11) is 0. The van der Waals surface area contributed by atoms with Crippen LogP contribution in [-0.2, 0) is 14.3 Å². The molecule has 2 aromatic carbocycles. The highest BCUT2D eigenvalue weighted by Gasteiger charge is 2.54. The Hall–Kier alpha value is -2.96. The first kappa shape index (κ1) is 20.0. The molecule has 2 saturated heterocycles. The first-order valence-corrected chi connectivity index (χ1v) is 10.8. The molecule has 6 nitrogen and oxygen atoms in total. The molecule has 0 spiro atoms. The van der Waals surface area contributed by atoms with Gasteiger partial charge in [-0.1, -0.05) is 72.8 Å². The highest BCUT2D eigenvalue weighted by molar-refractivity contribution is 5.87. The molecule has 1 amide bonds. The van der Waals surface area contributed by atoms with E-state index in [1.54, 1.807) is 6.08 Å². The molecule has 31 heavy (non-hydrogen) atoms. The number of piperazine rings is 1. The van der Waals surface area contributed by atoms with Crippen molar-refractivity contribution in [2.75, 3.05) is 26.2 Å². The molecular weight excluding hydrogens is 392 g/mol. The standard InChI is InChI=1S/C25H26N2O4/c28-24(21-19-11-12-20(31-19)22(21)25(29)30)27-15-13-26(14-16-27)23(17-7-3-1-4-8-17)18-9-5-2-6-10-18/h1-12,19-23H,13-16H2,(H,29,30). The molecule has 0 aromatic heterocycles. The van der Waals surface area contributed by atoms with Crippen LogP contribution in [-0.4, -0.2) is 65.2 Å². The van der Waals surface area contributed by atoms with Crippen LogP contribution in [0.1, 0.15) is 17.2 Å². The number of ether oxygens (including phenoxy) is 1. The minimum atomic E-state index is -0.956. The van der Waals surface area contributed by atoms with Gasteiger partial charge >= 0.3 is 5.97 Å². The van der Waals surface area contributed by atoms with Gasteiger partial charge in [0.05, 0.1) is 24.2 Å². The van der Waals surface area contributed by atoms with Crippen molar-refractivity contribution in [2.45, 2.75) is 18.2 Å². The Morgan fingerprint density at radius 1 is 0.806 bits per heavy atom. The first-order valence-electron chi connectivity index (χ1n) is 10.8. The maximum Gasteiger partial charge on any atom is 0.310 e. The second-order valence-corrected chi connectivity index (χ2v) is 8.43. The third kappa shape index (κ3) is 3.66. The van der Waals surface area contributed by atoms with Crippen LogP contribution in [0.3, 0.4) is 0 Å². The van der Waals surface area contributed by atoms with Gasteiger partial charge in [0.2, 0.25) is 5.91 Å². The second kappa shape index (κ2) is 8.29. The summed E-state index contributed by atoms with van der Waals surface area (Å²) in [6, 6.07) is 21.0. The van der Waals surface area contributed by atoms with Crippen LogP contribution in [0.2, 0.25) is 0 Å². The largest absolute Gasteiger partial charge is 0.481 e. The number of carbonyl (C=O) groups is 2. The van der Waals surface area contributed by atoms with Gasteiger partial charge in [-0.05, 0) is 11.1 Å². The van der Waals surface area contributed by atoms with Crippen molar-refractivity contribution in [2.24, 2.45) is 11.8 Å². The van der Waals surface area contributed by atoms with E-state index >= 15 is 0 Å². The lowest BCUT2D eigenvalue weighted by atomic mass is 9.82. The van der Waals surface area contributed by atoms with Crippen molar-refractivity contribution in [1.29, 1.82) is 0 Å². The Morgan fingerprint density at radius 2 is 1.32 bits per heavy atom. The number of amides is 1. The molecule has 160 valence electrons. The molecule has 3 heterocycles. The maximum absolute atomic E-state index is 13.3. The van der Waals surface area contributed by atoms with Gasteiger partial charge in [0.1, 0.15) is 5.92 Å². The van der Waals surface area contributed by atoms with Gasteiger partial charge in [0.25, 0.3) is 0 Å². The van der Waals surface area contributed by atoms with Crippen molar-refractivity contribution in [3.05, 3.63) is 83.9 Å². The summed E-state index contributed by atoms with van der Waals surface area (Å²) < 4.78 is 5.70. The fourth-order valence-electron chi connectivity index (χ4n) is 5.19. The lowest BCUT2D eigenvalue weighted by Gasteiger charge is -2.41. The average Bonchev–Trinajstić information content (AvgIpc) is 3.43. The summed E-state index contributed by atoms with van der Waals surface area (Å²) in [6.07, 6.45) is 2.70. The molecule has 0 saturated carbocycles. The number of nitrogens with zero attached hydrogens (tertiary/aromatic N) is 2. The third-order valence-electron chi connectivity index (χ3n) is 6.69. The predicted molar refractivity (Wildman–Crippen MR) is 115 cm³/mol. The number of fused-ring (bicyclic) bond motifs is 2. The van der Waals surface area contributed by atoms with E-state index in [4.69, 9.17) is 4.74 Å². The molecule has 2 aromatic rings. The van der Waals surface area contributed by atoms with Gasteiger partial charge in [-0.15, -0.1) is 0 Å². The molecule has 6 heteroatoms. The van der Waals surface area contributed by atoms with E-state index < -0.39 is 30.0 Å². The zero-order valence-electron chi connectivity index (χ0n) is 17.2. The normalized spacial score (nSPS) is 27.7. The summed E-state index contributed by atoms with van der Waals surface area (Å²) in [5.41, 5.74) is 2.46. The molecule has 1 N–H and O–H groups in total. The van der Waals surface area contributed by atoms with Gasteiger partial charge in [-0.2, -0.15) is 0 Å². The SMILES string of the molecule is O=C(O)C1C2C=CC(O2)C1C(=O)N1CCN(C(c2ccccc2)c2ccccc2)CC1. The van der Waals surface area contributed by atoms with E-state index in [1.807, 2.05) is 23.1 Å². The molecular formula is C25H26N2O4. The summed E-state index contributed by atoms with van der Waals surface area (Å²) in [5, 5.41) is 9.63. The fraction of sp³-hybridized carbons (Fsp3) is 0.360. The number of benzene rings is 2. The van der Waals surface area contributed by atoms with Crippen molar-refractivity contribution < 1.29 is 19.4 Å². The highest BCUT2D eigenvalue weighted by atomic mass is 16.5. The van der Waals surface area contributed by atoms with Crippen molar-refractivity contribution in [3.63, 3.8) is 0 Å². The summed E-state index contributed by atoms with van der Waals surface area (Å²) in [6.45, 7) is 2.63. The van der Waals surface area contributed by atoms with Gasteiger partial charge in [-0.3, -0.25) is 14.5 Å². The van der Waals surface area contributed by atoms with Crippen LogP contribution in [0, 0.1) is 11.8 Å². The minimum absolute atomic E-state index is 0.0973. The van der Waals surface area contributed by atoms with E-state index in [0.717, 1.165) is 13.1 Å². The van der Waals surface area contributed by atoms with Crippen molar-refractivity contribution in [1.82, 2.24) is 9.80 Å². The van der Waals surface area contributed by atoms with Crippen molar-refractivity contribution in [3.8, 4) is 0 Å². The van der Waals surface area contributed by atoms with E-state index in [-0.39, 0.29) is 11.9 Å². The third-order valence-corrected chi connectivity index (χ3v) is 6.69. The Morgan fingerprint density at radius 3 is 1.84 bits per heavy atom. The Labute approximate surface area is 181 Å². The van der Waals surface area contributed by atoms with Gasteiger partial charge in [0.15, 0.2) is 0 Å². The molecule has 4 unspecified atom stereocenters. The average molecular weight is 418 g/mol. The monoisotopic (exact) mass is 418 g/mol. The summed E-state index contributed by atoms with van der Waals surface area (Å²) >= 11 is 0. The maximum atomic E-state index is 13.3. The van der Waals surface area contributed by atoms with Crippen molar-refractivity contribution >= 4 is 11.9 Å². The lowest BCUT2D eigenvalue weighted by Crippen LogP contribution is -2.53. The lowest BCUT2D eigenvalue weighted by molar-refractivity contribution is -0.150. The second-order valence-electron chi connectivity index (χ2n) is 8.43. The smallest absolute Gasteiger partial charge is 0.310 e. The Balaban J connectivity index is 1.32. The van der Waals surface area contributed by atoms with E-state index in [2.05, 4.69) is 53.4 Å². The number of hydrogen-bond acceptors (Lipinski definition) is 4. The number of carboxylic acids is 1. The van der Waals surface area contributed by atoms with E-state index in [0.29, 0.717) is 13.1 Å². The van der Waals surface area contributed by atoms with E-state index in [9.17, 15) is 14.7 Å². The molecule has 5 rings (SSSR count). The Bertz CT molecular complexity index is 930. The van der Waals surface area contributed by atoms with Crippen LogP contribution in [0.4, 0.5) is 0 Å².